The minimum atomic E-state index is -0.464. The number of aromatic nitrogens is 2. The van der Waals surface area contributed by atoms with Crippen LogP contribution in [-0.4, -0.2) is 9.38 Å². The lowest BCUT2D eigenvalue weighted by Crippen LogP contribution is -2.35. The molecule has 0 atom stereocenters. The molecule has 25 heavy (non-hydrogen) atoms. The summed E-state index contributed by atoms with van der Waals surface area (Å²) in [4.78, 5) is 4.81. The van der Waals surface area contributed by atoms with Crippen molar-refractivity contribution in [1.82, 2.24) is 9.38 Å². The predicted octanol–water partition coefficient (Wildman–Crippen LogP) is 5.25. The lowest BCUT2D eigenvalue weighted by molar-refractivity contribution is 0.444. The van der Waals surface area contributed by atoms with E-state index in [-0.39, 0.29) is 5.82 Å². The van der Waals surface area contributed by atoms with Crippen molar-refractivity contribution in [2.24, 2.45) is 5.73 Å². The van der Waals surface area contributed by atoms with Crippen molar-refractivity contribution in [1.29, 1.82) is 0 Å². The van der Waals surface area contributed by atoms with E-state index in [1.54, 1.807) is 6.07 Å². The Bertz CT molecular complexity index is 971. The summed E-state index contributed by atoms with van der Waals surface area (Å²) in [7, 11) is 0. The number of halogens is 2. The summed E-state index contributed by atoms with van der Waals surface area (Å²) in [6.45, 7) is 4.11. The van der Waals surface area contributed by atoms with E-state index in [1.165, 1.54) is 6.07 Å². The van der Waals surface area contributed by atoms with Crippen LogP contribution in [0.4, 0.5) is 4.39 Å². The summed E-state index contributed by atoms with van der Waals surface area (Å²) >= 11 is 3.33. The highest BCUT2D eigenvalue weighted by Crippen LogP contribution is 2.42. The second-order valence-corrected chi connectivity index (χ2v) is 8.08. The maximum absolute atomic E-state index is 14.7. The van der Waals surface area contributed by atoms with Crippen molar-refractivity contribution >= 4 is 21.6 Å². The molecule has 0 amide bonds. The largest absolute Gasteiger partial charge is 0.320 e. The number of fused-ring (bicyclic) bond motifs is 1. The van der Waals surface area contributed by atoms with Crippen LogP contribution in [0.5, 0.6) is 0 Å². The van der Waals surface area contributed by atoms with E-state index in [0.29, 0.717) is 11.3 Å². The van der Waals surface area contributed by atoms with E-state index >= 15 is 0 Å². The number of nitrogens with zero attached hydrogens (tertiary/aromatic N) is 2. The highest BCUT2D eigenvalue weighted by molar-refractivity contribution is 9.10. The second-order valence-electron chi connectivity index (χ2n) is 7.16. The van der Waals surface area contributed by atoms with Crippen molar-refractivity contribution in [2.45, 2.75) is 45.1 Å². The van der Waals surface area contributed by atoms with Crippen molar-refractivity contribution in [3.05, 3.63) is 57.6 Å². The molecule has 1 aliphatic rings. The minimum Gasteiger partial charge on any atom is -0.320 e. The molecule has 0 unspecified atom stereocenters. The smallest absolute Gasteiger partial charge is 0.138 e. The zero-order valence-electron chi connectivity index (χ0n) is 14.4. The van der Waals surface area contributed by atoms with Gasteiger partial charge < -0.3 is 5.73 Å². The molecule has 4 rings (SSSR count). The molecule has 3 aromatic rings. The van der Waals surface area contributed by atoms with Gasteiger partial charge in [0, 0.05) is 15.7 Å². The molecule has 0 saturated heterocycles. The van der Waals surface area contributed by atoms with Crippen LogP contribution in [-0.2, 0) is 5.54 Å². The average molecular weight is 402 g/mol. The number of pyridine rings is 1. The van der Waals surface area contributed by atoms with E-state index in [9.17, 15) is 4.39 Å². The molecule has 1 saturated carbocycles. The Morgan fingerprint density at radius 1 is 1.16 bits per heavy atom. The van der Waals surface area contributed by atoms with Crippen LogP contribution in [0, 0.1) is 19.7 Å². The SMILES string of the molecule is Cc1cc(C)n2c(C3(N)CCCC3)c(-c3ccc(Br)cc3F)nc2c1. The summed E-state index contributed by atoms with van der Waals surface area (Å²) in [6.07, 6.45) is 3.99. The van der Waals surface area contributed by atoms with Gasteiger partial charge in [-0.15, -0.1) is 0 Å². The fourth-order valence-electron chi connectivity index (χ4n) is 4.10. The van der Waals surface area contributed by atoms with Gasteiger partial charge in [-0.2, -0.15) is 0 Å². The summed E-state index contributed by atoms with van der Waals surface area (Å²) < 4.78 is 17.6. The van der Waals surface area contributed by atoms with E-state index in [4.69, 9.17) is 10.7 Å². The van der Waals surface area contributed by atoms with E-state index < -0.39 is 5.54 Å². The van der Waals surface area contributed by atoms with Crippen LogP contribution in [0.25, 0.3) is 16.9 Å². The van der Waals surface area contributed by atoms with Crippen molar-refractivity contribution < 1.29 is 4.39 Å². The summed E-state index contributed by atoms with van der Waals surface area (Å²) in [6, 6.07) is 9.28. The van der Waals surface area contributed by atoms with Gasteiger partial charge in [-0.1, -0.05) is 28.8 Å². The first-order valence-corrected chi connectivity index (χ1v) is 9.43. The van der Waals surface area contributed by atoms with E-state index in [1.807, 2.05) is 12.1 Å². The van der Waals surface area contributed by atoms with Crippen molar-refractivity contribution in [2.75, 3.05) is 0 Å². The van der Waals surface area contributed by atoms with Crippen LogP contribution >= 0.6 is 15.9 Å². The van der Waals surface area contributed by atoms with E-state index in [0.717, 1.165) is 52.8 Å². The molecule has 130 valence electrons. The molecule has 2 aromatic heterocycles. The van der Waals surface area contributed by atoms with Crippen molar-refractivity contribution in [3.63, 3.8) is 0 Å². The Kier molecular flexibility index (Phi) is 3.96. The third-order valence-corrected chi connectivity index (χ3v) is 5.70. The van der Waals surface area contributed by atoms with Gasteiger partial charge in [0.25, 0.3) is 0 Å². The van der Waals surface area contributed by atoms with Crippen LogP contribution in [0.1, 0.15) is 42.6 Å². The first-order chi connectivity index (χ1) is 11.9. The molecule has 2 N–H and O–H groups in total. The summed E-state index contributed by atoms with van der Waals surface area (Å²) in [5, 5.41) is 0. The molecule has 0 radical (unpaired) electrons. The third-order valence-electron chi connectivity index (χ3n) is 5.20. The summed E-state index contributed by atoms with van der Waals surface area (Å²) in [5.41, 5.74) is 11.5. The number of imidazole rings is 1. The van der Waals surface area contributed by atoms with Crippen molar-refractivity contribution in [3.8, 4) is 11.3 Å². The van der Waals surface area contributed by atoms with Gasteiger partial charge in [0.15, 0.2) is 0 Å². The van der Waals surface area contributed by atoms with Crippen LogP contribution in [0.3, 0.4) is 0 Å². The minimum absolute atomic E-state index is 0.282. The van der Waals surface area contributed by atoms with Gasteiger partial charge in [-0.05, 0) is 62.6 Å². The summed E-state index contributed by atoms with van der Waals surface area (Å²) in [5.74, 6) is -0.282. The zero-order chi connectivity index (χ0) is 17.8. The molecule has 3 nitrogen and oxygen atoms in total. The maximum atomic E-state index is 14.7. The van der Waals surface area contributed by atoms with Gasteiger partial charge in [-0.3, -0.25) is 4.40 Å². The molecular formula is C20H21BrFN3. The lowest BCUT2D eigenvalue weighted by atomic mass is 9.90. The van der Waals surface area contributed by atoms with Gasteiger partial charge in [-0.25, -0.2) is 9.37 Å². The number of benzene rings is 1. The number of hydrogen-bond acceptors (Lipinski definition) is 2. The fraction of sp³-hybridized carbons (Fsp3) is 0.350. The molecule has 0 aliphatic heterocycles. The third kappa shape index (κ3) is 2.70. The lowest BCUT2D eigenvalue weighted by Gasteiger charge is -2.26. The monoisotopic (exact) mass is 401 g/mol. The average Bonchev–Trinajstić information content (AvgIpc) is 3.12. The first kappa shape index (κ1) is 16.7. The quantitative estimate of drug-likeness (QED) is 0.637. The standard InChI is InChI=1S/C20H21BrFN3/c1-12-9-13(2)25-17(10-12)24-18(15-6-5-14(21)11-16(15)22)19(25)20(23)7-3-4-8-20/h5-6,9-11H,3-4,7-8,23H2,1-2H3. The molecule has 2 heterocycles. The molecule has 5 heteroatoms. The predicted molar refractivity (Wildman–Crippen MR) is 102 cm³/mol. The van der Waals surface area contributed by atoms with Crippen LogP contribution < -0.4 is 5.73 Å². The van der Waals surface area contributed by atoms with Crippen LogP contribution in [0.2, 0.25) is 0 Å². The molecular weight excluding hydrogens is 381 g/mol. The fourth-order valence-corrected chi connectivity index (χ4v) is 4.43. The van der Waals surface area contributed by atoms with Gasteiger partial charge in [0.1, 0.15) is 11.5 Å². The molecule has 1 aliphatic carbocycles. The highest BCUT2D eigenvalue weighted by atomic mass is 79.9. The number of rotatable bonds is 2. The zero-order valence-corrected chi connectivity index (χ0v) is 16.0. The Hall–Kier alpha value is -1.72. The number of aryl methyl sites for hydroxylation is 2. The Morgan fingerprint density at radius 3 is 2.56 bits per heavy atom. The molecule has 0 spiro atoms. The van der Waals surface area contributed by atoms with Gasteiger partial charge in [0.2, 0.25) is 0 Å². The van der Waals surface area contributed by atoms with Gasteiger partial charge >= 0.3 is 0 Å². The second kappa shape index (κ2) is 5.92. The number of hydrogen-bond donors (Lipinski definition) is 1. The first-order valence-electron chi connectivity index (χ1n) is 8.63. The highest BCUT2D eigenvalue weighted by Gasteiger charge is 2.38. The molecule has 0 bridgehead atoms. The maximum Gasteiger partial charge on any atom is 0.138 e. The molecule has 1 aromatic carbocycles. The topological polar surface area (TPSA) is 43.3 Å². The van der Waals surface area contributed by atoms with E-state index in [2.05, 4.69) is 40.2 Å². The van der Waals surface area contributed by atoms with Gasteiger partial charge in [0.05, 0.1) is 16.9 Å². The number of nitrogens with two attached hydrogens (primary N) is 1. The Balaban J connectivity index is 2.08. The molecule has 1 fully saturated rings. The Morgan fingerprint density at radius 2 is 1.88 bits per heavy atom. The normalized spacial score (nSPS) is 16.7. The van der Waals surface area contributed by atoms with Crippen LogP contribution in [0.15, 0.2) is 34.8 Å². The Labute approximate surface area is 155 Å².